The maximum absolute atomic E-state index is 12.9. The van der Waals surface area contributed by atoms with E-state index in [9.17, 15) is 35.9 Å². The fraction of sp³-hybridized carbons (Fsp3) is 0.207. The van der Waals surface area contributed by atoms with Gasteiger partial charge < -0.3 is 14.8 Å². The standard InChI is InChI=1S/C29H21ClF6N6O4S/c1-16-2-3-18(12-45-14-28(31,32)33)23(10-16)42-24(43)13-47-27(42)39-26(44)38-22-9-6-19(11-21(22)30)41-15-37-25(40-41)17-4-7-20(8-5-17)46-29(34,35)36/h2-11,15H,12-14H2,1H3,(H,38,44)/b39-27-. The molecule has 10 nitrogen and oxygen atoms in total. The van der Waals surface area contributed by atoms with E-state index < -0.39 is 43.4 Å². The smallest absolute Gasteiger partial charge is 0.406 e. The van der Waals surface area contributed by atoms with E-state index in [4.69, 9.17) is 16.3 Å². The maximum atomic E-state index is 12.9. The zero-order valence-corrected chi connectivity index (χ0v) is 25.5. The Bertz CT molecular complexity index is 1830. The first-order chi connectivity index (χ1) is 22.1. The highest BCUT2D eigenvalue weighted by atomic mass is 35.5. The van der Waals surface area contributed by atoms with Crippen molar-refractivity contribution in [1.29, 1.82) is 0 Å². The van der Waals surface area contributed by atoms with Crippen LogP contribution >= 0.6 is 23.4 Å². The number of nitrogens with one attached hydrogen (secondary N) is 1. The molecule has 1 saturated heterocycles. The van der Waals surface area contributed by atoms with Gasteiger partial charge in [-0.1, -0.05) is 35.5 Å². The molecule has 0 saturated carbocycles. The molecule has 246 valence electrons. The third-order valence-electron chi connectivity index (χ3n) is 6.26. The largest absolute Gasteiger partial charge is 0.573 e. The molecule has 1 fully saturated rings. The van der Waals surface area contributed by atoms with E-state index in [-0.39, 0.29) is 33.1 Å². The Hall–Kier alpha value is -4.61. The first-order valence-electron chi connectivity index (χ1n) is 13.3. The Morgan fingerprint density at radius 3 is 2.49 bits per heavy atom. The number of amidine groups is 1. The Kier molecular flexibility index (Phi) is 9.78. The van der Waals surface area contributed by atoms with Crippen LogP contribution in [0.5, 0.6) is 5.75 Å². The second-order valence-corrected chi connectivity index (χ2v) is 11.2. The van der Waals surface area contributed by atoms with E-state index in [2.05, 4.69) is 25.1 Å². The number of amides is 3. The number of carbonyl (C=O) groups is 2. The molecule has 1 N–H and O–H groups in total. The SMILES string of the molecule is Cc1ccc(COCC(F)(F)F)c(N2C(=O)CS/C2=N\C(=O)Nc2ccc(-n3cnc(-c4ccc(OC(F)(F)F)cc4)n3)cc2Cl)c1. The zero-order chi connectivity index (χ0) is 33.9. The number of urea groups is 1. The second kappa shape index (κ2) is 13.6. The van der Waals surface area contributed by atoms with Crippen molar-refractivity contribution in [3.63, 3.8) is 0 Å². The Labute approximate surface area is 271 Å². The molecule has 4 aromatic rings. The molecule has 3 amide bonds. The summed E-state index contributed by atoms with van der Waals surface area (Å²) >= 11 is 7.38. The predicted octanol–water partition coefficient (Wildman–Crippen LogP) is 7.54. The molecular formula is C29H21ClF6N6O4S. The first kappa shape index (κ1) is 33.7. The van der Waals surface area contributed by atoms with Crippen LogP contribution in [0.4, 0.5) is 42.5 Å². The van der Waals surface area contributed by atoms with E-state index in [1.807, 2.05) is 0 Å². The summed E-state index contributed by atoms with van der Waals surface area (Å²) in [4.78, 5) is 35.0. The van der Waals surface area contributed by atoms with Gasteiger partial charge in [0.1, 0.15) is 18.7 Å². The van der Waals surface area contributed by atoms with Crippen LogP contribution in [0.3, 0.4) is 0 Å². The summed E-state index contributed by atoms with van der Waals surface area (Å²) in [7, 11) is 0. The number of aromatic nitrogens is 3. The number of aliphatic imine (C=N–C) groups is 1. The van der Waals surface area contributed by atoms with Crippen molar-refractivity contribution in [2.24, 2.45) is 4.99 Å². The van der Waals surface area contributed by atoms with E-state index in [0.29, 0.717) is 22.4 Å². The van der Waals surface area contributed by atoms with Gasteiger partial charge in [-0.15, -0.1) is 18.3 Å². The molecule has 1 aliphatic rings. The topological polar surface area (TPSA) is 111 Å². The number of hydrogen-bond acceptors (Lipinski definition) is 7. The summed E-state index contributed by atoms with van der Waals surface area (Å²) in [6, 6.07) is 13.4. The van der Waals surface area contributed by atoms with Gasteiger partial charge in [0.15, 0.2) is 11.0 Å². The van der Waals surface area contributed by atoms with Crippen LogP contribution in [-0.4, -0.2) is 56.8 Å². The number of thioether (sulfide) groups is 1. The Morgan fingerprint density at radius 2 is 1.81 bits per heavy atom. The van der Waals surface area contributed by atoms with Crippen LogP contribution < -0.4 is 15.0 Å². The minimum Gasteiger partial charge on any atom is -0.406 e. The van der Waals surface area contributed by atoms with Gasteiger partial charge in [0, 0.05) is 11.1 Å². The summed E-state index contributed by atoms with van der Waals surface area (Å²) in [5.41, 5.74) is 2.30. The lowest BCUT2D eigenvalue weighted by molar-refractivity contribution is -0.274. The molecule has 0 aliphatic carbocycles. The van der Waals surface area contributed by atoms with E-state index in [1.54, 1.807) is 25.1 Å². The number of halogens is 7. The van der Waals surface area contributed by atoms with Crippen LogP contribution in [0.15, 0.2) is 72.0 Å². The fourth-order valence-corrected chi connectivity index (χ4v) is 5.35. The molecule has 0 radical (unpaired) electrons. The molecule has 5 rings (SSSR count). The number of nitrogens with zero attached hydrogens (tertiary/aromatic N) is 5. The quantitative estimate of drug-likeness (QED) is 0.189. The monoisotopic (exact) mass is 698 g/mol. The first-order valence-corrected chi connectivity index (χ1v) is 14.7. The highest BCUT2D eigenvalue weighted by Crippen LogP contribution is 2.32. The minimum atomic E-state index is -4.82. The van der Waals surface area contributed by atoms with Crippen molar-refractivity contribution in [1.82, 2.24) is 14.8 Å². The molecule has 3 aromatic carbocycles. The highest BCUT2D eigenvalue weighted by Gasteiger charge is 2.33. The molecule has 1 aromatic heterocycles. The van der Waals surface area contributed by atoms with Crippen molar-refractivity contribution in [3.8, 4) is 22.8 Å². The molecule has 0 unspecified atom stereocenters. The molecular weight excluding hydrogens is 678 g/mol. The van der Waals surface area contributed by atoms with Gasteiger partial charge in [0.25, 0.3) is 0 Å². The highest BCUT2D eigenvalue weighted by molar-refractivity contribution is 8.15. The second-order valence-electron chi connectivity index (χ2n) is 9.83. The Morgan fingerprint density at radius 1 is 1.06 bits per heavy atom. The number of rotatable bonds is 8. The van der Waals surface area contributed by atoms with Crippen molar-refractivity contribution < 1.29 is 45.4 Å². The van der Waals surface area contributed by atoms with Gasteiger partial charge >= 0.3 is 18.6 Å². The summed E-state index contributed by atoms with van der Waals surface area (Å²) < 4.78 is 85.2. The maximum Gasteiger partial charge on any atom is 0.573 e. The predicted molar refractivity (Wildman–Crippen MR) is 162 cm³/mol. The van der Waals surface area contributed by atoms with E-state index in [0.717, 1.165) is 28.8 Å². The summed E-state index contributed by atoms with van der Waals surface area (Å²) in [5.74, 6) is -0.659. The third-order valence-corrected chi connectivity index (χ3v) is 7.50. The van der Waals surface area contributed by atoms with Crippen LogP contribution in [0.2, 0.25) is 5.02 Å². The van der Waals surface area contributed by atoms with Crippen molar-refractivity contribution in [2.45, 2.75) is 26.1 Å². The molecule has 47 heavy (non-hydrogen) atoms. The van der Waals surface area contributed by atoms with Gasteiger partial charge in [-0.05, 0) is 61.0 Å². The summed E-state index contributed by atoms with van der Waals surface area (Å²) in [5, 5.41) is 6.95. The average molecular weight is 699 g/mol. The summed E-state index contributed by atoms with van der Waals surface area (Å²) in [6.45, 7) is -0.162. The number of carbonyl (C=O) groups excluding carboxylic acids is 2. The molecule has 2 heterocycles. The van der Waals surface area contributed by atoms with Gasteiger partial charge in [-0.2, -0.15) is 18.2 Å². The number of alkyl halides is 6. The van der Waals surface area contributed by atoms with Gasteiger partial charge in [0.05, 0.1) is 34.4 Å². The lowest BCUT2D eigenvalue weighted by Crippen LogP contribution is -2.31. The lowest BCUT2D eigenvalue weighted by atomic mass is 10.1. The van der Waals surface area contributed by atoms with Crippen molar-refractivity contribution >= 4 is 51.8 Å². The average Bonchev–Trinajstić information content (AvgIpc) is 3.61. The molecule has 18 heteroatoms. The van der Waals surface area contributed by atoms with Gasteiger partial charge in [-0.25, -0.2) is 14.5 Å². The summed E-state index contributed by atoms with van der Waals surface area (Å²) in [6.07, 6.45) is -7.98. The number of benzene rings is 3. The Balaban J connectivity index is 1.29. The molecule has 0 spiro atoms. The van der Waals surface area contributed by atoms with Crippen LogP contribution in [0, 0.1) is 6.92 Å². The van der Waals surface area contributed by atoms with E-state index >= 15 is 0 Å². The van der Waals surface area contributed by atoms with Crippen molar-refractivity contribution in [3.05, 3.63) is 83.1 Å². The zero-order valence-electron chi connectivity index (χ0n) is 23.9. The number of hydrogen-bond donors (Lipinski definition) is 1. The van der Waals surface area contributed by atoms with Gasteiger partial charge in [-0.3, -0.25) is 9.69 Å². The third kappa shape index (κ3) is 8.81. The number of anilines is 2. The molecule has 0 atom stereocenters. The van der Waals surface area contributed by atoms with Crippen molar-refractivity contribution in [2.75, 3.05) is 22.6 Å². The van der Waals surface area contributed by atoms with E-state index in [1.165, 1.54) is 41.3 Å². The number of aryl methyl sites for hydroxylation is 1. The molecule has 1 aliphatic heterocycles. The normalized spacial score (nSPS) is 14.6. The minimum absolute atomic E-state index is 0.0102. The molecule has 0 bridgehead atoms. The number of ether oxygens (including phenoxy) is 2. The fourth-order valence-electron chi connectivity index (χ4n) is 4.27. The van der Waals surface area contributed by atoms with Gasteiger partial charge in [0.2, 0.25) is 5.91 Å². The van der Waals surface area contributed by atoms with Crippen LogP contribution in [-0.2, 0) is 16.1 Å². The van der Waals surface area contributed by atoms with Crippen LogP contribution in [0.1, 0.15) is 11.1 Å². The van der Waals surface area contributed by atoms with Crippen LogP contribution in [0.25, 0.3) is 17.1 Å². The lowest BCUT2D eigenvalue weighted by Gasteiger charge is -2.21.